The Morgan fingerprint density at radius 2 is 1.69 bits per heavy atom. The predicted octanol–water partition coefficient (Wildman–Crippen LogP) is 3.91. The van der Waals surface area contributed by atoms with Crippen LogP contribution >= 0.6 is 11.8 Å². The Labute approximate surface area is 215 Å². The summed E-state index contributed by atoms with van der Waals surface area (Å²) in [5.74, 6) is 1.03. The lowest BCUT2D eigenvalue weighted by atomic mass is 9.90. The highest BCUT2D eigenvalue weighted by atomic mass is 32.2. The number of nitrogens with one attached hydrogen (secondary N) is 3. The summed E-state index contributed by atoms with van der Waals surface area (Å²) < 4.78 is 0. The molecule has 0 fully saturated rings. The molecule has 0 radical (unpaired) electrons. The van der Waals surface area contributed by atoms with Crippen LogP contribution in [-0.2, 0) is 5.54 Å². The zero-order chi connectivity index (χ0) is 24.5. The van der Waals surface area contributed by atoms with Crippen molar-refractivity contribution in [3.8, 4) is 0 Å². The molecule has 0 amide bonds. The van der Waals surface area contributed by atoms with Crippen LogP contribution in [0.15, 0.2) is 100 Å². The fraction of sp³-hybridized carbons (Fsp3) is 0.167. The Hall–Kier alpha value is -3.74. The van der Waals surface area contributed by atoms with E-state index in [0.29, 0.717) is 0 Å². The van der Waals surface area contributed by atoms with Crippen molar-refractivity contribution in [2.24, 2.45) is 4.99 Å². The Morgan fingerprint density at radius 3 is 2.58 bits per heavy atom. The minimum atomic E-state index is -0.478. The number of nitrogens with zero attached hydrogens (tertiary/aromatic N) is 2. The molecule has 0 saturated heterocycles. The van der Waals surface area contributed by atoms with Crippen LogP contribution in [0.25, 0.3) is 18.2 Å². The zero-order valence-electron chi connectivity index (χ0n) is 20.5. The van der Waals surface area contributed by atoms with Gasteiger partial charge >= 0.3 is 0 Å². The molecule has 5 nitrogen and oxygen atoms in total. The standard InChI is InChI=1S/C30H29N5S/c1-35(2)15-16-36-29-6-4-3-5-28(29)30-14-13-26(34-30)19-25-10-9-22(32-25)17-21-7-8-23(31-21)18-24-11-12-27(20-30)33-24/h3-14,17-20,31,33-34H,15-16H2,1-2H3/b22-17-,24-18-,26-19-,27-20-. The third-order valence-electron chi connectivity index (χ3n) is 6.45. The van der Waals surface area contributed by atoms with Crippen molar-refractivity contribution < 1.29 is 0 Å². The molecule has 6 heteroatoms. The van der Waals surface area contributed by atoms with Gasteiger partial charge in [0.05, 0.1) is 11.4 Å². The number of aliphatic imine (C=N–C) groups is 1. The smallest absolute Gasteiger partial charge is 0.103 e. The molecule has 3 N–H and O–H groups in total. The van der Waals surface area contributed by atoms with Crippen LogP contribution in [0.4, 0.5) is 0 Å². The molecule has 180 valence electrons. The predicted molar refractivity (Wildman–Crippen MR) is 151 cm³/mol. The molecule has 6 rings (SSSR count). The van der Waals surface area contributed by atoms with E-state index in [1.165, 1.54) is 10.5 Å². The first-order chi connectivity index (χ1) is 17.5. The van der Waals surface area contributed by atoms with Gasteiger partial charge < -0.3 is 20.2 Å². The van der Waals surface area contributed by atoms with E-state index in [1.807, 2.05) is 11.8 Å². The van der Waals surface area contributed by atoms with Gasteiger partial charge in [-0.15, -0.1) is 11.8 Å². The number of rotatable bonds is 5. The molecule has 1 atom stereocenters. The van der Waals surface area contributed by atoms with Crippen LogP contribution in [-0.4, -0.2) is 47.0 Å². The highest BCUT2D eigenvalue weighted by Gasteiger charge is 2.33. The molecule has 0 aliphatic carbocycles. The maximum absolute atomic E-state index is 4.81. The number of aromatic amines is 2. The van der Waals surface area contributed by atoms with E-state index >= 15 is 0 Å². The number of hydrogen-bond acceptors (Lipinski definition) is 4. The van der Waals surface area contributed by atoms with Crippen molar-refractivity contribution in [1.29, 1.82) is 0 Å². The number of hydrogen-bond donors (Lipinski definition) is 3. The van der Waals surface area contributed by atoms with Crippen molar-refractivity contribution in [3.05, 3.63) is 118 Å². The summed E-state index contributed by atoms with van der Waals surface area (Å²) in [6, 6.07) is 17.2. The average Bonchev–Trinajstić information content (AvgIpc) is 3.65. The minimum Gasteiger partial charge on any atom is -0.369 e. The maximum atomic E-state index is 4.81. The van der Waals surface area contributed by atoms with E-state index in [2.05, 4.69) is 131 Å². The second kappa shape index (κ2) is 9.37. The highest BCUT2D eigenvalue weighted by molar-refractivity contribution is 7.99. The molecule has 8 bridgehead atoms. The molecular formula is C30H29N5S. The van der Waals surface area contributed by atoms with Gasteiger partial charge in [0.1, 0.15) is 5.54 Å². The van der Waals surface area contributed by atoms with E-state index in [4.69, 9.17) is 4.99 Å². The van der Waals surface area contributed by atoms with Crippen molar-refractivity contribution in [2.75, 3.05) is 26.4 Å². The molecule has 0 saturated carbocycles. The minimum absolute atomic E-state index is 0.478. The molecular weight excluding hydrogens is 462 g/mol. The van der Waals surface area contributed by atoms with Crippen molar-refractivity contribution >= 4 is 35.7 Å². The van der Waals surface area contributed by atoms with Gasteiger partial charge in [-0.1, -0.05) is 18.2 Å². The molecule has 1 aromatic carbocycles. The highest BCUT2D eigenvalue weighted by Crippen LogP contribution is 2.37. The average molecular weight is 492 g/mol. The quantitative estimate of drug-likeness (QED) is 0.475. The second-order valence-electron chi connectivity index (χ2n) is 9.54. The summed E-state index contributed by atoms with van der Waals surface area (Å²) in [5, 5.41) is 5.94. The van der Waals surface area contributed by atoms with Crippen LogP contribution in [0.1, 0.15) is 17.0 Å². The molecule has 0 spiro atoms. The van der Waals surface area contributed by atoms with Gasteiger partial charge in [-0.2, -0.15) is 0 Å². The first kappa shape index (κ1) is 22.7. The number of benzene rings is 1. The van der Waals surface area contributed by atoms with Gasteiger partial charge in [0.25, 0.3) is 0 Å². The largest absolute Gasteiger partial charge is 0.369 e. The fourth-order valence-corrected chi connectivity index (χ4v) is 5.95. The van der Waals surface area contributed by atoms with E-state index in [1.54, 1.807) is 0 Å². The first-order valence-corrected chi connectivity index (χ1v) is 13.2. The van der Waals surface area contributed by atoms with E-state index in [-0.39, 0.29) is 0 Å². The summed E-state index contributed by atoms with van der Waals surface area (Å²) in [6.07, 6.45) is 17.2. The Kier molecular flexibility index (Phi) is 5.91. The summed E-state index contributed by atoms with van der Waals surface area (Å²) in [6.45, 7) is 1.03. The van der Waals surface area contributed by atoms with Gasteiger partial charge in [0.15, 0.2) is 0 Å². The van der Waals surface area contributed by atoms with E-state index < -0.39 is 5.54 Å². The third-order valence-corrected chi connectivity index (χ3v) is 7.51. The molecule has 5 heterocycles. The lowest BCUT2D eigenvalue weighted by Gasteiger charge is -2.28. The SMILES string of the molecule is CN(C)CCSc1ccccc1C12C=C/C(=C/C3=NC(=C\c4ccc([nH]4)/C=c4/cc/c([nH]4)=C/1)/C=C3)N2. The van der Waals surface area contributed by atoms with Crippen molar-refractivity contribution in [2.45, 2.75) is 10.4 Å². The van der Waals surface area contributed by atoms with Crippen molar-refractivity contribution in [1.82, 2.24) is 20.2 Å². The Bertz CT molecular complexity index is 1580. The molecule has 3 aromatic rings. The number of fused-ring (bicyclic) bond motifs is 7. The van der Waals surface area contributed by atoms with Gasteiger partial charge in [0, 0.05) is 45.0 Å². The van der Waals surface area contributed by atoms with Gasteiger partial charge in [-0.3, -0.25) is 0 Å². The van der Waals surface area contributed by atoms with Crippen LogP contribution < -0.4 is 16.0 Å². The van der Waals surface area contributed by atoms with Crippen LogP contribution in [0.2, 0.25) is 0 Å². The van der Waals surface area contributed by atoms with Crippen LogP contribution in [0.3, 0.4) is 0 Å². The van der Waals surface area contributed by atoms with Gasteiger partial charge in [0.2, 0.25) is 0 Å². The third kappa shape index (κ3) is 4.70. The van der Waals surface area contributed by atoms with Crippen LogP contribution in [0, 0.1) is 0 Å². The topological polar surface area (TPSA) is 59.2 Å². The normalized spacial score (nSPS) is 24.7. The molecule has 36 heavy (non-hydrogen) atoms. The lowest BCUT2D eigenvalue weighted by Crippen LogP contribution is -2.36. The summed E-state index contributed by atoms with van der Waals surface area (Å²) in [5.41, 5.74) is 5.76. The number of H-pyrrole nitrogens is 2. The fourth-order valence-electron chi connectivity index (χ4n) is 4.70. The number of allylic oxidation sites excluding steroid dienone is 4. The number of thioether (sulfide) groups is 1. The Balaban J connectivity index is 1.49. The monoisotopic (exact) mass is 491 g/mol. The molecule has 3 aliphatic rings. The molecule has 1 unspecified atom stereocenters. The molecule has 2 aromatic heterocycles. The van der Waals surface area contributed by atoms with Crippen LogP contribution in [0.5, 0.6) is 0 Å². The maximum Gasteiger partial charge on any atom is 0.103 e. The van der Waals surface area contributed by atoms with Crippen molar-refractivity contribution in [3.63, 3.8) is 0 Å². The second-order valence-corrected chi connectivity index (χ2v) is 10.7. The number of aromatic nitrogens is 2. The zero-order valence-corrected chi connectivity index (χ0v) is 21.3. The summed E-state index contributed by atoms with van der Waals surface area (Å²) in [4.78, 5) is 15.4. The van der Waals surface area contributed by atoms with E-state index in [0.717, 1.165) is 51.5 Å². The van der Waals surface area contributed by atoms with E-state index in [9.17, 15) is 0 Å². The summed E-state index contributed by atoms with van der Waals surface area (Å²) >= 11 is 1.90. The molecule has 3 aliphatic heterocycles. The summed E-state index contributed by atoms with van der Waals surface area (Å²) in [7, 11) is 4.24. The van der Waals surface area contributed by atoms with Gasteiger partial charge in [-0.25, -0.2) is 4.99 Å². The Morgan fingerprint density at radius 1 is 0.861 bits per heavy atom. The lowest BCUT2D eigenvalue weighted by molar-refractivity contribution is 0.437. The van der Waals surface area contributed by atoms with Gasteiger partial charge in [-0.05, 0) is 98.6 Å². The first-order valence-electron chi connectivity index (χ1n) is 12.2.